The van der Waals surface area contributed by atoms with Crippen LogP contribution in [-0.4, -0.2) is 34.2 Å². The predicted molar refractivity (Wildman–Crippen MR) is 113 cm³/mol. The van der Waals surface area contributed by atoms with E-state index >= 15 is 0 Å². The van der Waals surface area contributed by atoms with Crippen molar-refractivity contribution >= 4 is 5.91 Å². The van der Waals surface area contributed by atoms with Gasteiger partial charge >= 0.3 is 0 Å². The second kappa shape index (κ2) is 9.51. The number of pyridine rings is 1. The van der Waals surface area contributed by atoms with Crippen LogP contribution in [0.25, 0.3) is 11.5 Å². The zero-order valence-corrected chi connectivity index (χ0v) is 17.3. The Morgan fingerprint density at radius 3 is 2.94 bits per heavy atom. The van der Waals surface area contributed by atoms with Crippen molar-refractivity contribution < 1.29 is 23.8 Å². The fraction of sp³-hybridized carbons (Fsp3) is 0.348. The van der Waals surface area contributed by atoms with Crippen molar-refractivity contribution in [3.8, 4) is 28.7 Å². The largest absolute Gasteiger partial charge is 0.504 e. The van der Waals surface area contributed by atoms with Crippen LogP contribution in [0.4, 0.5) is 0 Å². The number of phenols is 1. The number of oxazole rings is 1. The zero-order chi connectivity index (χ0) is 21.6. The molecule has 0 radical (unpaired) electrons. The average molecular weight is 423 g/mol. The molecule has 1 amide bonds. The normalized spacial score (nSPS) is 13.1. The van der Waals surface area contributed by atoms with Gasteiger partial charge in [-0.2, -0.15) is 0 Å². The molecule has 1 fully saturated rings. The Hall–Kier alpha value is -3.55. The van der Waals surface area contributed by atoms with Gasteiger partial charge in [0.15, 0.2) is 22.9 Å². The average Bonchev–Trinajstić information content (AvgIpc) is 3.50. The minimum atomic E-state index is -0.350. The molecule has 2 heterocycles. The van der Waals surface area contributed by atoms with E-state index in [9.17, 15) is 9.90 Å². The topological polar surface area (TPSA) is 107 Å². The van der Waals surface area contributed by atoms with Crippen molar-refractivity contribution in [3.63, 3.8) is 0 Å². The molecule has 1 aromatic carbocycles. The third-order valence-corrected chi connectivity index (χ3v) is 4.81. The molecule has 8 heteroatoms. The Balaban J connectivity index is 1.39. The fourth-order valence-electron chi connectivity index (χ4n) is 2.92. The van der Waals surface area contributed by atoms with Crippen molar-refractivity contribution in [2.24, 2.45) is 5.92 Å². The smallest absolute Gasteiger partial charge is 0.274 e. The monoisotopic (exact) mass is 423 g/mol. The Kier molecular flexibility index (Phi) is 6.35. The highest BCUT2D eigenvalue weighted by Crippen LogP contribution is 2.34. The maximum Gasteiger partial charge on any atom is 0.274 e. The standard InChI is InChI=1S/C23H25N3O5/c1-2-10-29-19-4-3-9-24-21(19)22(28)25-12-17-14-31-23(26-17)16-7-8-18(27)20(11-16)30-13-15-5-6-15/h3-4,7-9,11,14-15,27H,2,5-6,10,12-13H2,1H3,(H,25,28). The lowest BCUT2D eigenvalue weighted by Crippen LogP contribution is -2.24. The lowest BCUT2D eigenvalue weighted by molar-refractivity contribution is 0.0941. The quantitative estimate of drug-likeness (QED) is 0.508. The fourth-order valence-corrected chi connectivity index (χ4v) is 2.92. The van der Waals surface area contributed by atoms with Crippen LogP contribution in [-0.2, 0) is 6.54 Å². The highest BCUT2D eigenvalue weighted by Gasteiger charge is 2.23. The first kappa shape index (κ1) is 20.7. The van der Waals surface area contributed by atoms with Crippen LogP contribution in [0.15, 0.2) is 47.2 Å². The van der Waals surface area contributed by atoms with Crippen molar-refractivity contribution in [1.29, 1.82) is 0 Å². The van der Waals surface area contributed by atoms with Crippen molar-refractivity contribution in [3.05, 3.63) is 54.2 Å². The van der Waals surface area contributed by atoms with E-state index in [0.29, 0.717) is 47.8 Å². The summed E-state index contributed by atoms with van der Waals surface area (Å²) in [5.74, 6) is 1.55. The third-order valence-electron chi connectivity index (χ3n) is 4.81. The molecule has 2 aromatic heterocycles. The number of rotatable bonds is 10. The van der Waals surface area contributed by atoms with Crippen LogP contribution in [0, 0.1) is 5.92 Å². The summed E-state index contributed by atoms with van der Waals surface area (Å²) in [6.45, 7) is 3.28. The molecule has 31 heavy (non-hydrogen) atoms. The van der Waals surface area contributed by atoms with E-state index in [1.807, 2.05) is 6.92 Å². The lowest BCUT2D eigenvalue weighted by Gasteiger charge is -2.09. The number of hydrogen-bond donors (Lipinski definition) is 2. The van der Waals surface area contributed by atoms with Gasteiger partial charge in [0, 0.05) is 11.8 Å². The van der Waals surface area contributed by atoms with Crippen molar-refractivity contribution in [2.75, 3.05) is 13.2 Å². The van der Waals surface area contributed by atoms with E-state index in [2.05, 4.69) is 15.3 Å². The number of carbonyl (C=O) groups excluding carboxylic acids is 1. The number of phenolic OH excluding ortho intramolecular Hbond substituents is 1. The molecule has 8 nitrogen and oxygen atoms in total. The van der Waals surface area contributed by atoms with Crippen LogP contribution in [0.1, 0.15) is 42.4 Å². The van der Waals surface area contributed by atoms with Crippen molar-refractivity contribution in [2.45, 2.75) is 32.7 Å². The summed E-state index contributed by atoms with van der Waals surface area (Å²) < 4.78 is 16.9. The molecule has 0 aliphatic heterocycles. The maximum absolute atomic E-state index is 12.5. The molecule has 1 aliphatic carbocycles. The van der Waals surface area contributed by atoms with E-state index in [1.54, 1.807) is 36.5 Å². The second-order valence-corrected chi connectivity index (χ2v) is 7.46. The number of benzene rings is 1. The summed E-state index contributed by atoms with van der Waals surface area (Å²) in [5.41, 5.74) is 1.47. The van der Waals surface area contributed by atoms with Gasteiger partial charge in [0.25, 0.3) is 5.91 Å². The third kappa shape index (κ3) is 5.33. The molecule has 1 saturated carbocycles. The number of amides is 1. The molecule has 2 N–H and O–H groups in total. The van der Waals surface area contributed by atoms with Crippen LogP contribution < -0.4 is 14.8 Å². The van der Waals surface area contributed by atoms with Crippen LogP contribution >= 0.6 is 0 Å². The SMILES string of the molecule is CCCOc1cccnc1C(=O)NCc1coc(-c2ccc(O)c(OCC3CC3)c2)n1. The minimum absolute atomic E-state index is 0.0832. The number of ether oxygens (including phenoxy) is 2. The summed E-state index contributed by atoms with van der Waals surface area (Å²) in [6, 6.07) is 8.42. The molecular formula is C23H25N3O5. The Bertz CT molecular complexity index is 1050. The minimum Gasteiger partial charge on any atom is -0.504 e. The summed E-state index contributed by atoms with van der Waals surface area (Å²) in [6.07, 6.45) is 6.21. The molecule has 0 atom stereocenters. The van der Waals surface area contributed by atoms with E-state index in [4.69, 9.17) is 13.9 Å². The highest BCUT2D eigenvalue weighted by molar-refractivity contribution is 5.94. The number of carbonyl (C=O) groups is 1. The van der Waals surface area contributed by atoms with Gasteiger partial charge in [-0.25, -0.2) is 9.97 Å². The Labute approximate surface area is 180 Å². The summed E-state index contributed by atoms with van der Waals surface area (Å²) in [4.78, 5) is 21.1. The van der Waals surface area contributed by atoms with Gasteiger partial charge in [-0.05, 0) is 55.5 Å². The number of hydrogen-bond acceptors (Lipinski definition) is 7. The van der Waals surface area contributed by atoms with Gasteiger partial charge in [0.05, 0.1) is 25.5 Å². The summed E-state index contributed by atoms with van der Waals surface area (Å²) in [7, 11) is 0. The van der Waals surface area contributed by atoms with E-state index in [0.717, 1.165) is 6.42 Å². The van der Waals surface area contributed by atoms with Gasteiger partial charge in [0.2, 0.25) is 5.89 Å². The predicted octanol–water partition coefficient (Wildman–Crippen LogP) is 3.95. The van der Waals surface area contributed by atoms with Gasteiger partial charge in [-0.3, -0.25) is 4.79 Å². The zero-order valence-electron chi connectivity index (χ0n) is 17.3. The molecule has 0 bridgehead atoms. The van der Waals surface area contributed by atoms with Crippen molar-refractivity contribution in [1.82, 2.24) is 15.3 Å². The van der Waals surface area contributed by atoms with Crippen LogP contribution in [0.2, 0.25) is 0 Å². The molecular weight excluding hydrogens is 398 g/mol. The first-order chi connectivity index (χ1) is 15.1. The summed E-state index contributed by atoms with van der Waals surface area (Å²) in [5, 5.41) is 12.8. The molecule has 0 spiro atoms. The molecule has 1 aliphatic rings. The lowest BCUT2D eigenvalue weighted by atomic mass is 10.2. The molecule has 4 rings (SSSR count). The van der Waals surface area contributed by atoms with Gasteiger partial charge in [-0.1, -0.05) is 6.92 Å². The molecule has 0 saturated heterocycles. The summed E-state index contributed by atoms with van der Waals surface area (Å²) >= 11 is 0. The molecule has 3 aromatic rings. The Morgan fingerprint density at radius 1 is 1.26 bits per heavy atom. The molecule has 162 valence electrons. The van der Waals surface area contributed by atoms with Gasteiger partial charge in [-0.15, -0.1) is 0 Å². The maximum atomic E-state index is 12.5. The Morgan fingerprint density at radius 2 is 2.13 bits per heavy atom. The van der Waals surface area contributed by atoms with Gasteiger partial charge in [0.1, 0.15) is 6.26 Å². The van der Waals surface area contributed by atoms with Crippen LogP contribution in [0.3, 0.4) is 0 Å². The number of aromatic nitrogens is 2. The number of nitrogens with zero attached hydrogens (tertiary/aromatic N) is 2. The van der Waals surface area contributed by atoms with E-state index in [-0.39, 0.29) is 23.9 Å². The second-order valence-electron chi connectivity index (χ2n) is 7.46. The van der Waals surface area contributed by atoms with E-state index < -0.39 is 0 Å². The first-order valence-corrected chi connectivity index (χ1v) is 10.4. The highest BCUT2D eigenvalue weighted by atomic mass is 16.5. The van der Waals surface area contributed by atoms with E-state index in [1.165, 1.54) is 19.1 Å². The van der Waals surface area contributed by atoms with Crippen LogP contribution in [0.5, 0.6) is 17.2 Å². The number of nitrogens with one attached hydrogen (secondary N) is 1. The first-order valence-electron chi connectivity index (χ1n) is 10.4. The number of aromatic hydroxyl groups is 1. The molecule has 0 unspecified atom stereocenters. The van der Waals surface area contributed by atoms with Gasteiger partial charge < -0.3 is 24.3 Å².